The molecule has 1 fully saturated rings. The number of piperidine rings is 1. The van der Waals surface area contributed by atoms with Crippen molar-refractivity contribution in [2.24, 2.45) is 0 Å². The highest BCUT2D eigenvalue weighted by Crippen LogP contribution is 2.28. The van der Waals surface area contributed by atoms with Gasteiger partial charge in [-0.05, 0) is 44.0 Å². The van der Waals surface area contributed by atoms with Crippen LogP contribution in [0.4, 0.5) is 10.2 Å². The maximum Gasteiger partial charge on any atom is 0.258 e. The largest absolute Gasteiger partial charge is 0.493 e. The lowest BCUT2D eigenvalue weighted by Gasteiger charge is -2.40. The van der Waals surface area contributed by atoms with E-state index in [-0.39, 0.29) is 29.3 Å². The zero-order chi connectivity index (χ0) is 20.4. The van der Waals surface area contributed by atoms with Gasteiger partial charge in [0.2, 0.25) is 0 Å². The van der Waals surface area contributed by atoms with Crippen molar-refractivity contribution in [1.82, 2.24) is 14.9 Å². The van der Waals surface area contributed by atoms with Crippen LogP contribution in [-0.4, -0.2) is 46.5 Å². The van der Waals surface area contributed by atoms with Gasteiger partial charge in [-0.1, -0.05) is 18.2 Å². The summed E-state index contributed by atoms with van der Waals surface area (Å²) in [5.41, 5.74) is 1.90. The van der Waals surface area contributed by atoms with E-state index < -0.39 is 5.82 Å². The predicted molar refractivity (Wildman–Crippen MR) is 110 cm³/mol. The molecule has 2 aromatic carbocycles. The van der Waals surface area contributed by atoms with Crippen LogP contribution in [0, 0.1) is 5.82 Å². The number of hydrogen-bond donors (Lipinski definition) is 1. The lowest BCUT2D eigenvalue weighted by atomic mass is 9.96. The van der Waals surface area contributed by atoms with Gasteiger partial charge in [-0.15, -0.1) is 0 Å². The molecule has 1 amide bonds. The number of carbonyl (C=O) groups is 1. The van der Waals surface area contributed by atoms with Crippen LogP contribution in [0.1, 0.15) is 30.1 Å². The molecule has 7 heteroatoms. The topological polar surface area (TPSA) is 67.3 Å². The Hall–Kier alpha value is -3.22. The molecule has 4 rings (SSSR count). The van der Waals surface area contributed by atoms with E-state index >= 15 is 0 Å². The molecule has 0 saturated carbocycles. The molecule has 0 bridgehead atoms. The summed E-state index contributed by atoms with van der Waals surface area (Å²) in [6.07, 6.45) is 3.46. The van der Waals surface area contributed by atoms with E-state index in [1.165, 1.54) is 19.2 Å². The fourth-order valence-electron chi connectivity index (χ4n) is 3.88. The number of ether oxygens (including phenoxy) is 1. The second-order valence-corrected chi connectivity index (χ2v) is 7.20. The molecule has 1 saturated heterocycles. The molecular formula is C22H23FN4O2. The maximum atomic E-state index is 14.0. The number of likely N-dealkylation sites (tertiary alicyclic amines) is 1. The lowest BCUT2D eigenvalue weighted by molar-refractivity contribution is 0.0612. The summed E-state index contributed by atoms with van der Waals surface area (Å²) in [5.74, 6) is -0.104. The van der Waals surface area contributed by atoms with Crippen LogP contribution < -0.4 is 10.1 Å². The van der Waals surface area contributed by atoms with Crippen molar-refractivity contribution in [3.63, 3.8) is 0 Å². The van der Waals surface area contributed by atoms with Crippen molar-refractivity contribution in [1.29, 1.82) is 0 Å². The van der Waals surface area contributed by atoms with Crippen molar-refractivity contribution in [3.05, 3.63) is 60.0 Å². The number of benzene rings is 2. The fraction of sp³-hybridized carbons (Fsp3) is 0.318. The molecule has 1 aliphatic heterocycles. The third-order valence-electron chi connectivity index (χ3n) is 5.43. The number of anilines is 1. The van der Waals surface area contributed by atoms with Crippen molar-refractivity contribution in [2.45, 2.75) is 31.8 Å². The highest BCUT2D eigenvalue weighted by atomic mass is 19.1. The van der Waals surface area contributed by atoms with Gasteiger partial charge in [0, 0.05) is 18.6 Å². The Morgan fingerprint density at radius 3 is 2.79 bits per heavy atom. The third-order valence-corrected chi connectivity index (χ3v) is 5.43. The van der Waals surface area contributed by atoms with E-state index in [2.05, 4.69) is 15.3 Å². The van der Waals surface area contributed by atoms with Crippen molar-refractivity contribution in [2.75, 3.05) is 19.0 Å². The molecule has 2 heterocycles. The molecular weight excluding hydrogens is 371 g/mol. The van der Waals surface area contributed by atoms with Gasteiger partial charge in [0.25, 0.3) is 5.91 Å². The number of nitrogens with zero attached hydrogens (tertiary/aromatic N) is 3. The number of rotatable bonds is 4. The van der Waals surface area contributed by atoms with Crippen molar-refractivity contribution >= 4 is 22.8 Å². The lowest BCUT2D eigenvalue weighted by Crippen LogP contribution is -2.52. The van der Waals surface area contributed by atoms with E-state index in [9.17, 15) is 9.18 Å². The number of carbonyl (C=O) groups excluding carboxylic acids is 1. The van der Waals surface area contributed by atoms with E-state index in [0.717, 1.165) is 23.9 Å². The molecule has 1 aromatic heterocycles. The van der Waals surface area contributed by atoms with Gasteiger partial charge in [0.15, 0.2) is 11.6 Å². The van der Waals surface area contributed by atoms with E-state index in [0.29, 0.717) is 12.4 Å². The van der Waals surface area contributed by atoms with Crippen molar-refractivity contribution in [3.8, 4) is 5.75 Å². The number of nitrogens with one attached hydrogen (secondary N) is 1. The van der Waals surface area contributed by atoms with Gasteiger partial charge >= 0.3 is 0 Å². The molecule has 0 unspecified atom stereocenters. The van der Waals surface area contributed by atoms with Crippen LogP contribution >= 0.6 is 0 Å². The Morgan fingerprint density at radius 2 is 2.00 bits per heavy atom. The molecule has 0 radical (unpaired) electrons. The Morgan fingerprint density at radius 1 is 1.21 bits per heavy atom. The first-order valence-corrected chi connectivity index (χ1v) is 9.70. The van der Waals surface area contributed by atoms with Gasteiger partial charge in [0.05, 0.1) is 29.9 Å². The number of amides is 1. The summed E-state index contributed by atoms with van der Waals surface area (Å²) < 4.78 is 19.2. The molecule has 0 spiro atoms. The predicted octanol–water partition coefficient (Wildman–Crippen LogP) is 3.88. The number of para-hydroxylation sites is 3. The van der Waals surface area contributed by atoms with Gasteiger partial charge in [-0.3, -0.25) is 9.78 Å². The number of methoxy groups -OCH3 is 1. The van der Waals surface area contributed by atoms with Gasteiger partial charge in [-0.2, -0.15) is 0 Å². The Bertz CT molecular complexity index is 1040. The highest BCUT2D eigenvalue weighted by Gasteiger charge is 2.33. The standard InChI is InChI=1S/C22H23FN4O2/c1-14-17(25-20-13-24-18-9-3-4-10-19(18)26-20)11-6-12-27(14)22(28)15-7-5-8-16(23)21(15)29-2/h3-5,7-10,13-14,17H,6,11-12H2,1-2H3,(H,25,26)/t14-,17-/m0/s1. The number of aromatic nitrogens is 2. The number of hydrogen-bond acceptors (Lipinski definition) is 5. The third kappa shape index (κ3) is 3.72. The van der Waals surface area contributed by atoms with Gasteiger partial charge in [0.1, 0.15) is 5.82 Å². The second-order valence-electron chi connectivity index (χ2n) is 7.20. The van der Waals surface area contributed by atoms with E-state index in [1.807, 2.05) is 31.2 Å². The van der Waals surface area contributed by atoms with E-state index in [4.69, 9.17) is 4.74 Å². The number of fused-ring (bicyclic) bond motifs is 1. The van der Waals surface area contributed by atoms with Crippen LogP contribution in [0.3, 0.4) is 0 Å². The van der Waals surface area contributed by atoms with Crippen LogP contribution in [0.2, 0.25) is 0 Å². The summed E-state index contributed by atoms with van der Waals surface area (Å²) in [4.78, 5) is 24.0. The minimum absolute atomic E-state index is 0.0137. The minimum Gasteiger partial charge on any atom is -0.493 e. The zero-order valence-electron chi connectivity index (χ0n) is 16.4. The van der Waals surface area contributed by atoms with Gasteiger partial charge < -0.3 is 15.0 Å². The average Bonchev–Trinajstić information content (AvgIpc) is 2.74. The first kappa shape index (κ1) is 19.1. The van der Waals surface area contributed by atoms with Crippen LogP contribution in [0.15, 0.2) is 48.7 Å². The second kappa shape index (κ2) is 8.03. The number of halogens is 1. The summed E-state index contributed by atoms with van der Waals surface area (Å²) >= 11 is 0. The molecule has 1 aliphatic rings. The summed E-state index contributed by atoms with van der Waals surface area (Å²) in [5, 5.41) is 3.43. The highest BCUT2D eigenvalue weighted by molar-refractivity contribution is 5.97. The molecule has 0 aliphatic carbocycles. The van der Waals surface area contributed by atoms with Crippen LogP contribution in [-0.2, 0) is 0 Å². The molecule has 2 atom stereocenters. The SMILES string of the molecule is COc1c(F)cccc1C(=O)N1CCC[C@H](Nc2cnc3ccccc3n2)[C@@H]1C. The van der Waals surface area contributed by atoms with E-state index in [1.54, 1.807) is 17.2 Å². The minimum atomic E-state index is -0.538. The van der Waals surface area contributed by atoms with Crippen LogP contribution in [0.25, 0.3) is 11.0 Å². The summed E-state index contributed by atoms with van der Waals surface area (Å²) in [6, 6.07) is 12.0. The molecule has 3 aromatic rings. The first-order chi connectivity index (χ1) is 14.1. The van der Waals surface area contributed by atoms with Crippen molar-refractivity contribution < 1.29 is 13.9 Å². The first-order valence-electron chi connectivity index (χ1n) is 9.70. The zero-order valence-corrected chi connectivity index (χ0v) is 16.4. The molecule has 6 nitrogen and oxygen atoms in total. The van der Waals surface area contributed by atoms with Crippen LogP contribution in [0.5, 0.6) is 5.75 Å². The quantitative estimate of drug-likeness (QED) is 0.727. The Kier molecular flexibility index (Phi) is 5.29. The smallest absolute Gasteiger partial charge is 0.258 e. The molecule has 29 heavy (non-hydrogen) atoms. The normalized spacial score (nSPS) is 19.2. The molecule has 1 N–H and O–H groups in total. The monoisotopic (exact) mass is 394 g/mol. The summed E-state index contributed by atoms with van der Waals surface area (Å²) in [6.45, 7) is 2.61. The Balaban J connectivity index is 1.55. The Labute approximate surface area is 168 Å². The maximum absolute atomic E-state index is 14.0. The molecule has 150 valence electrons. The van der Waals surface area contributed by atoms with Gasteiger partial charge in [-0.25, -0.2) is 9.37 Å². The average molecular weight is 394 g/mol. The summed E-state index contributed by atoms with van der Waals surface area (Å²) in [7, 11) is 1.37. The fourth-order valence-corrected chi connectivity index (χ4v) is 3.88.